The first-order valence-electron chi connectivity index (χ1n) is 6.50. The van der Waals surface area contributed by atoms with E-state index < -0.39 is 0 Å². The van der Waals surface area contributed by atoms with Crippen LogP contribution >= 0.6 is 23.2 Å². The summed E-state index contributed by atoms with van der Waals surface area (Å²) in [5.74, 6) is 0.771. The van der Waals surface area contributed by atoms with E-state index in [1.807, 2.05) is 6.07 Å². The maximum Gasteiger partial charge on any atom is 0.142 e. The Kier molecular flexibility index (Phi) is 4.96. The van der Waals surface area contributed by atoms with Gasteiger partial charge in [-0.15, -0.1) is 0 Å². The summed E-state index contributed by atoms with van der Waals surface area (Å²) in [6, 6.07) is 4.40. The van der Waals surface area contributed by atoms with Crippen LogP contribution in [0.5, 0.6) is 5.75 Å². The molecule has 0 saturated heterocycles. The number of benzene rings is 1. The van der Waals surface area contributed by atoms with Crippen LogP contribution in [0.4, 0.5) is 0 Å². The Morgan fingerprint density at radius 3 is 2.84 bits per heavy atom. The van der Waals surface area contributed by atoms with E-state index in [4.69, 9.17) is 27.9 Å². The smallest absolute Gasteiger partial charge is 0.142 e. The van der Waals surface area contributed by atoms with Crippen LogP contribution in [0.15, 0.2) is 12.1 Å². The second kappa shape index (κ2) is 6.31. The van der Waals surface area contributed by atoms with Gasteiger partial charge in [-0.05, 0) is 33.2 Å². The molecular formula is C14H20Cl2N2O. The highest BCUT2D eigenvalue weighted by Gasteiger charge is 2.24. The van der Waals surface area contributed by atoms with Gasteiger partial charge in [0.05, 0.1) is 11.6 Å². The van der Waals surface area contributed by atoms with E-state index in [9.17, 15) is 0 Å². The Hall–Kier alpha value is -0.480. The largest absolute Gasteiger partial charge is 0.492 e. The van der Waals surface area contributed by atoms with Gasteiger partial charge in [-0.2, -0.15) is 0 Å². The highest BCUT2D eigenvalue weighted by atomic mass is 35.5. The fourth-order valence-electron chi connectivity index (χ4n) is 2.13. The molecule has 3 nitrogen and oxygen atoms in total. The van der Waals surface area contributed by atoms with Gasteiger partial charge >= 0.3 is 0 Å². The first-order chi connectivity index (χ1) is 8.99. The number of nitrogens with one attached hydrogen (secondary N) is 1. The predicted octanol–water partition coefficient (Wildman–Crippen LogP) is 3.36. The zero-order chi connectivity index (χ0) is 14.0. The van der Waals surface area contributed by atoms with Gasteiger partial charge in [-0.25, -0.2) is 0 Å². The lowest BCUT2D eigenvalue weighted by Gasteiger charge is -2.30. The fourth-order valence-corrected chi connectivity index (χ4v) is 2.70. The Morgan fingerprint density at radius 1 is 1.42 bits per heavy atom. The minimum atomic E-state index is 0.252. The zero-order valence-electron chi connectivity index (χ0n) is 11.5. The SMILES string of the molecule is CC(CNC1CCOc2c(Cl)cc(Cl)cc21)N(C)C. The van der Waals surface area contributed by atoms with Crippen molar-refractivity contribution in [1.29, 1.82) is 0 Å². The minimum Gasteiger partial charge on any atom is -0.492 e. The van der Waals surface area contributed by atoms with Crippen molar-refractivity contribution in [3.63, 3.8) is 0 Å². The molecule has 1 aromatic rings. The number of hydrogen-bond acceptors (Lipinski definition) is 3. The van der Waals surface area contributed by atoms with Crippen LogP contribution in [0.1, 0.15) is 24.9 Å². The summed E-state index contributed by atoms with van der Waals surface area (Å²) < 4.78 is 5.65. The molecule has 2 atom stereocenters. The number of ether oxygens (including phenoxy) is 1. The Bertz CT molecular complexity index is 451. The highest BCUT2D eigenvalue weighted by molar-refractivity contribution is 6.35. The van der Waals surface area contributed by atoms with Gasteiger partial charge in [0.25, 0.3) is 0 Å². The average molecular weight is 303 g/mol. The average Bonchev–Trinajstić information content (AvgIpc) is 2.35. The Balaban J connectivity index is 2.13. The molecule has 0 saturated carbocycles. The van der Waals surface area contributed by atoms with Crippen molar-refractivity contribution in [2.75, 3.05) is 27.2 Å². The van der Waals surface area contributed by atoms with Crippen LogP contribution < -0.4 is 10.1 Å². The van der Waals surface area contributed by atoms with Gasteiger partial charge in [0.2, 0.25) is 0 Å². The maximum absolute atomic E-state index is 6.18. The summed E-state index contributed by atoms with van der Waals surface area (Å²) in [4.78, 5) is 2.19. The quantitative estimate of drug-likeness (QED) is 0.923. The van der Waals surface area contributed by atoms with Crippen molar-refractivity contribution in [2.45, 2.75) is 25.4 Å². The third kappa shape index (κ3) is 3.54. The molecule has 1 aromatic carbocycles. The van der Waals surface area contributed by atoms with E-state index in [0.717, 1.165) is 24.3 Å². The lowest BCUT2D eigenvalue weighted by Crippen LogP contribution is -2.38. The lowest BCUT2D eigenvalue weighted by molar-refractivity contribution is 0.237. The van der Waals surface area contributed by atoms with Gasteiger partial charge in [-0.1, -0.05) is 23.2 Å². The number of fused-ring (bicyclic) bond motifs is 1. The van der Waals surface area contributed by atoms with Crippen molar-refractivity contribution >= 4 is 23.2 Å². The monoisotopic (exact) mass is 302 g/mol. The molecule has 0 bridgehead atoms. The minimum absolute atomic E-state index is 0.252. The number of halogens is 2. The van der Waals surface area contributed by atoms with Crippen LogP contribution in [-0.2, 0) is 0 Å². The van der Waals surface area contributed by atoms with Gasteiger partial charge in [-0.3, -0.25) is 0 Å². The zero-order valence-corrected chi connectivity index (χ0v) is 13.1. The van der Waals surface area contributed by atoms with Crippen LogP contribution in [0.25, 0.3) is 0 Å². The summed E-state index contributed by atoms with van der Waals surface area (Å²) in [6.45, 7) is 3.79. The van der Waals surface area contributed by atoms with Crippen LogP contribution in [0, 0.1) is 0 Å². The number of nitrogens with zero attached hydrogens (tertiary/aromatic N) is 1. The van der Waals surface area contributed by atoms with Gasteiger partial charge in [0.15, 0.2) is 0 Å². The number of likely N-dealkylation sites (N-methyl/N-ethyl adjacent to an activating group) is 1. The molecule has 19 heavy (non-hydrogen) atoms. The van der Waals surface area contributed by atoms with Crippen molar-refractivity contribution in [1.82, 2.24) is 10.2 Å². The molecule has 0 fully saturated rings. The summed E-state index contributed by atoms with van der Waals surface area (Å²) in [7, 11) is 4.16. The maximum atomic E-state index is 6.18. The van der Waals surface area contributed by atoms with Crippen LogP contribution in [0.2, 0.25) is 10.0 Å². The molecule has 5 heteroatoms. The first kappa shape index (κ1) is 14.9. The fraction of sp³-hybridized carbons (Fsp3) is 0.571. The summed E-state index contributed by atoms with van der Waals surface area (Å²) in [5.41, 5.74) is 1.06. The molecule has 2 unspecified atom stereocenters. The summed E-state index contributed by atoms with van der Waals surface area (Å²) in [5, 5.41) is 4.82. The second-order valence-corrected chi connectivity index (χ2v) is 6.06. The third-order valence-electron chi connectivity index (χ3n) is 3.61. The van der Waals surface area contributed by atoms with Crippen molar-refractivity contribution in [3.8, 4) is 5.75 Å². The molecule has 1 aliphatic heterocycles. The first-order valence-corrected chi connectivity index (χ1v) is 7.26. The standard InChI is InChI=1S/C14H20Cl2N2O/c1-9(18(2)3)8-17-13-4-5-19-14-11(13)6-10(15)7-12(14)16/h6-7,9,13,17H,4-5,8H2,1-3H3. The van der Waals surface area contributed by atoms with Gasteiger partial charge in [0.1, 0.15) is 5.75 Å². The molecule has 1 N–H and O–H groups in total. The molecule has 1 heterocycles. The van der Waals surface area contributed by atoms with E-state index in [-0.39, 0.29) is 6.04 Å². The Morgan fingerprint density at radius 2 is 2.16 bits per heavy atom. The predicted molar refractivity (Wildman–Crippen MR) is 80.5 cm³/mol. The molecule has 0 amide bonds. The van der Waals surface area contributed by atoms with Gasteiger partial charge in [0, 0.05) is 35.6 Å². The summed E-state index contributed by atoms with van der Waals surface area (Å²) >= 11 is 12.3. The molecule has 106 valence electrons. The van der Waals surface area contributed by atoms with E-state index in [0.29, 0.717) is 22.7 Å². The number of hydrogen-bond donors (Lipinski definition) is 1. The number of rotatable bonds is 4. The van der Waals surface area contributed by atoms with Crippen molar-refractivity contribution in [2.24, 2.45) is 0 Å². The van der Waals surface area contributed by atoms with Crippen molar-refractivity contribution in [3.05, 3.63) is 27.7 Å². The van der Waals surface area contributed by atoms with Crippen molar-refractivity contribution < 1.29 is 4.74 Å². The summed E-state index contributed by atoms with van der Waals surface area (Å²) in [6.07, 6.45) is 0.934. The molecule has 1 aliphatic rings. The van der Waals surface area contributed by atoms with Crippen LogP contribution in [0.3, 0.4) is 0 Å². The Labute approximate surface area is 124 Å². The topological polar surface area (TPSA) is 24.5 Å². The normalized spacial score (nSPS) is 20.0. The molecule has 0 aromatic heterocycles. The molecule has 0 spiro atoms. The second-order valence-electron chi connectivity index (χ2n) is 5.22. The third-order valence-corrected chi connectivity index (χ3v) is 4.11. The van der Waals surface area contributed by atoms with E-state index in [1.54, 1.807) is 6.07 Å². The molecule has 0 aliphatic carbocycles. The molecule has 0 radical (unpaired) electrons. The van der Waals surface area contributed by atoms with E-state index in [1.165, 1.54) is 0 Å². The molecule has 2 rings (SSSR count). The molecular weight excluding hydrogens is 283 g/mol. The van der Waals surface area contributed by atoms with E-state index in [2.05, 4.69) is 31.2 Å². The van der Waals surface area contributed by atoms with Crippen LogP contribution in [-0.4, -0.2) is 38.2 Å². The van der Waals surface area contributed by atoms with Gasteiger partial charge < -0.3 is 15.0 Å². The van der Waals surface area contributed by atoms with E-state index >= 15 is 0 Å². The highest BCUT2D eigenvalue weighted by Crippen LogP contribution is 2.39. The lowest BCUT2D eigenvalue weighted by atomic mass is 10.00.